The van der Waals surface area contributed by atoms with E-state index in [9.17, 15) is 14.0 Å². The van der Waals surface area contributed by atoms with Crippen LogP contribution >= 0.6 is 15.9 Å². The number of rotatable bonds is 0. The van der Waals surface area contributed by atoms with Crippen LogP contribution in [0.1, 0.15) is 25.7 Å². The molecule has 19 heavy (non-hydrogen) atoms. The summed E-state index contributed by atoms with van der Waals surface area (Å²) in [6, 6.07) is 0. The first-order valence-electron chi connectivity index (χ1n) is 7.12. The van der Waals surface area contributed by atoms with Crippen molar-refractivity contribution in [1.82, 2.24) is 0 Å². The van der Waals surface area contributed by atoms with E-state index in [0.29, 0.717) is 0 Å². The largest absolute Gasteiger partial charge is 0.392 e. The lowest BCUT2D eigenvalue weighted by atomic mass is 9.51. The van der Waals surface area contributed by atoms with Crippen LogP contribution in [0.2, 0.25) is 0 Å². The number of hydrogen-bond acceptors (Lipinski definition) is 3. The van der Waals surface area contributed by atoms with Gasteiger partial charge >= 0.3 is 11.9 Å². The quantitative estimate of drug-likeness (QED) is 0.389. The molecule has 3 nitrogen and oxygen atoms in total. The number of cyclic esters (lactones) is 2. The van der Waals surface area contributed by atoms with Gasteiger partial charge in [0.05, 0.1) is 10.8 Å². The monoisotopic (exact) mass is 328 g/mol. The Morgan fingerprint density at radius 2 is 1.37 bits per heavy atom. The third-order valence-corrected chi connectivity index (χ3v) is 8.28. The Kier molecular flexibility index (Phi) is 1.73. The Morgan fingerprint density at radius 1 is 0.947 bits per heavy atom. The highest BCUT2D eigenvalue weighted by molar-refractivity contribution is 9.09. The summed E-state index contributed by atoms with van der Waals surface area (Å²) in [4.78, 5) is 25.2. The molecule has 0 aromatic carbocycles. The van der Waals surface area contributed by atoms with Gasteiger partial charge in [-0.1, -0.05) is 15.9 Å². The van der Waals surface area contributed by atoms with Gasteiger partial charge in [-0.05, 0) is 37.5 Å². The van der Waals surface area contributed by atoms with Gasteiger partial charge in [0.15, 0.2) is 0 Å². The summed E-state index contributed by atoms with van der Waals surface area (Å²) in [7, 11) is 0. The molecule has 4 aliphatic carbocycles. The topological polar surface area (TPSA) is 43.4 Å². The Morgan fingerprint density at radius 3 is 1.84 bits per heavy atom. The molecule has 4 bridgehead atoms. The normalized spacial score (nSPS) is 64.5. The molecule has 1 aliphatic heterocycles. The lowest BCUT2D eigenvalue weighted by Gasteiger charge is -2.45. The van der Waals surface area contributed by atoms with Gasteiger partial charge in [-0.2, -0.15) is 0 Å². The van der Waals surface area contributed by atoms with Crippen LogP contribution in [0.4, 0.5) is 4.39 Å². The van der Waals surface area contributed by atoms with Gasteiger partial charge in [-0.15, -0.1) is 0 Å². The summed E-state index contributed by atoms with van der Waals surface area (Å²) >= 11 is 3.71. The molecule has 0 radical (unpaired) electrons. The average Bonchev–Trinajstić information content (AvgIpc) is 3.10. The fourth-order valence-electron chi connectivity index (χ4n) is 6.80. The molecular formula is C14H14BrFO3. The van der Waals surface area contributed by atoms with Gasteiger partial charge in [0, 0.05) is 16.7 Å². The smallest absolute Gasteiger partial charge is 0.321 e. The van der Waals surface area contributed by atoms with Gasteiger partial charge in [0.1, 0.15) is 6.17 Å². The Bertz CT molecular complexity index is 463. The molecule has 5 aliphatic rings. The first-order chi connectivity index (χ1) is 9.07. The molecule has 5 fully saturated rings. The highest BCUT2D eigenvalue weighted by atomic mass is 79.9. The molecule has 6 unspecified atom stereocenters. The molecule has 1 saturated heterocycles. The van der Waals surface area contributed by atoms with Gasteiger partial charge in [-0.3, -0.25) is 9.59 Å². The standard InChI is InChI=1S/C14H14BrFO3/c15-9-5-1-2-6(9)14-8-4-3-7(10(8)16)13(5,14)11(17)19-12(14)18/h5-10H,1-4H2. The van der Waals surface area contributed by atoms with Crippen LogP contribution in [-0.2, 0) is 14.3 Å². The van der Waals surface area contributed by atoms with Crippen molar-refractivity contribution >= 4 is 27.9 Å². The van der Waals surface area contributed by atoms with Crippen LogP contribution in [0, 0.1) is 34.5 Å². The van der Waals surface area contributed by atoms with Crippen LogP contribution < -0.4 is 0 Å². The summed E-state index contributed by atoms with van der Waals surface area (Å²) in [5, 5.41) is 0. The highest BCUT2D eigenvalue weighted by Gasteiger charge is 2.91. The van der Waals surface area contributed by atoms with Crippen molar-refractivity contribution in [1.29, 1.82) is 0 Å². The molecule has 0 amide bonds. The number of esters is 2. The van der Waals surface area contributed by atoms with Crippen LogP contribution in [0.25, 0.3) is 0 Å². The number of ether oxygens (including phenoxy) is 1. The molecule has 0 N–H and O–H groups in total. The van der Waals surface area contributed by atoms with Crippen molar-refractivity contribution in [2.45, 2.75) is 36.7 Å². The third-order valence-electron chi connectivity index (χ3n) is 7.00. The molecule has 6 atom stereocenters. The minimum atomic E-state index is -0.986. The van der Waals surface area contributed by atoms with E-state index in [1.807, 2.05) is 0 Å². The summed E-state index contributed by atoms with van der Waals surface area (Å²) in [5.74, 6) is -1.22. The summed E-state index contributed by atoms with van der Waals surface area (Å²) in [6.07, 6.45) is 2.32. The molecule has 1 heterocycles. The average molecular weight is 329 g/mol. The number of alkyl halides is 2. The molecule has 0 aromatic rings. The van der Waals surface area contributed by atoms with Gasteiger partial charge in [0.2, 0.25) is 0 Å². The molecule has 102 valence electrons. The minimum absolute atomic E-state index is 0.0880. The molecule has 4 saturated carbocycles. The molecular weight excluding hydrogens is 315 g/mol. The SMILES string of the molecule is O=C1OC(=O)C23C4CCC(C4F)C12C1CCC3C1Br. The second-order valence-electron chi connectivity index (χ2n) is 6.88. The summed E-state index contributed by atoms with van der Waals surface area (Å²) in [5.41, 5.74) is -1.66. The van der Waals surface area contributed by atoms with Gasteiger partial charge < -0.3 is 4.74 Å². The van der Waals surface area contributed by atoms with Crippen molar-refractivity contribution in [2.24, 2.45) is 34.5 Å². The lowest BCUT2D eigenvalue weighted by molar-refractivity contribution is -0.159. The summed E-state index contributed by atoms with van der Waals surface area (Å²) in [6.45, 7) is 0. The second-order valence-corrected chi connectivity index (χ2v) is 7.94. The molecule has 5 rings (SSSR count). The Labute approximate surface area is 118 Å². The Balaban J connectivity index is 1.87. The van der Waals surface area contributed by atoms with Gasteiger partial charge in [-0.25, -0.2) is 4.39 Å². The predicted molar refractivity (Wildman–Crippen MR) is 66.0 cm³/mol. The zero-order chi connectivity index (χ0) is 13.2. The first kappa shape index (κ1) is 11.2. The molecule has 0 spiro atoms. The van der Waals surface area contributed by atoms with E-state index in [0.717, 1.165) is 25.7 Å². The molecule has 5 heteroatoms. The fourth-order valence-corrected chi connectivity index (χ4v) is 8.17. The van der Waals surface area contributed by atoms with E-state index in [2.05, 4.69) is 15.9 Å². The maximum Gasteiger partial charge on any atom is 0.321 e. The predicted octanol–water partition coefficient (Wildman–Crippen LogP) is 2.22. The lowest BCUT2D eigenvalue weighted by Crippen LogP contribution is -2.53. The number of fused-ring (bicyclic) bond motifs is 4. The van der Waals surface area contributed by atoms with Crippen molar-refractivity contribution in [3.63, 3.8) is 0 Å². The van der Waals surface area contributed by atoms with E-state index < -0.39 is 28.9 Å². The van der Waals surface area contributed by atoms with Crippen LogP contribution in [0.3, 0.4) is 0 Å². The van der Waals surface area contributed by atoms with Gasteiger partial charge in [0.25, 0.3) is 0 Å². The van der Waals surface area contributed by atoms with E-state index in [1.54, 1.807) is 0 Å². The zero-order valence-corrected chi connectivity index (χ0v) is 11.9. The highest BCUT2D eigenvalue weighted by Crippen LogP contribution is 2.84. The molecule has 0 aromatic heterocycles. The van der Waals surface area contributed by atoms with Crippen LogP contribution in [0.15, 0.2) is 0 Å². The number of carbonyl (C=O) groups excluding carboxylic acids is 2. The third kappa shape index (κ3) is 0.764. The maximum atomic E-state index is 14.7. The zero-order valence-electron chi connectivity index (χ0n) is 10.3. The number of hydrogen-bond donors (Lipinski definition) is 0. The van der Waals surface area contributed by atoms with Crippen molar-refractivity contribution in [3.8, 4) is 0 Å². The second kappa shape index (κ2) is 2.92. The Hall–Kier alpha value is -0.450. The van der Waals surface area contributed by atoms with E-state index in [1.165, 1.54) is 0 Å². The maximum absolute atomic E-state index is 14.7. The van der Waals surface area contributed by atoms with Crippen molar-refractivity contribution in [3.05, 3.63) is 0 Å². The van der Waals surface area contributed by atoms with Crippen LogP contribution in [0.5, 0.6) is 0 Å². The summed E-state index contributed by atoms with van der Waals surface area (Å²) < 4.78 is 19.7. The van der Waals surface area contributed by atoms with E-state index in [-0.39, 0.29) is 28.5 Å². The number of halogens is 2. The van der Waals surface area contributed by atoms with E-state index in [4.69, 9.17) is 4.74 Å². The van der Waals surface area contributed by atoms with Crippen molar-refractivity contribution < 1.29 is 18.7 Å². The van der Waals surface area contributed by atoms with Crippen LogP contribution in [-0.4, -0.2) is 22.9 Å². The van der Waals surface area contributed by atoms with E-state index >= 15 is 0 Å². The van der Waals surface area contributed by atoms with Crippen molar-refractivity contribution in [2.75, 3.05) is 0 Å². The minimum Gasteiger partial charge on any atom is -0.392 e. The first-order valence-corrected chi connectivity index (χ1v) is 8.04. The number of carbonyl (C=O) groups is 2. The fraction of sp³-hybridized carbons (Fsp3) is 0.857.